The van der Waals surface area contributed by atoms with E-state index in [1.54, 1.807) is 13.4 Å². The largest absolute Gasteiger partial charge is 0.383 e. The fourth-order valence-electron chi connectivity index (χ4n) is 2.73. The molecule has 2 N–H and O–H groups in total. The van der Waals surface area contributed by atoms with Crippen LogP contribution < -0.4 is 10.6 Å². The summed E-state index contributed by atoms with van der Waals surface area (Å²) >= 11 is 0. The monoisotopic (exact) mass is 338 g/mol. The molecule has 2 heterocycles. The van der Waals surface area contributed by atoms with Gasteiger partial charge in [-0.05, 0) is 43.7 Å². The minimum atomic E-state index is -0.234. The van der Waals surface area contributed by atoms with E-state index in [0.29, 0.717) is 18.0 Å². The third-order valence-electron chi connectivity index (χ3n) is 3.90. The van der Waals surface area contributed by atoms with E-state index >= 15 is 0 Å². The van der Waals surface area contributed by atoms with E-state index in [-0.39, 0.29) is 11.9 Å². The van der Waals surface area contributed by atoms with Crippen LogP contribution in [0.15, 0.2) is 48.9 Å². The van der Waals surface area contributed by atoms with Crippen molar-refractivity contribution in [3.8, 4) is 0 Å². The number of fused-ring (bicyclic) bond motifs is 1. The van der Waals surface area contributed by atoms with Crippen molar-refractivity contribution in [2.45, 2.75) is 19.9 Å². The number of aryl methyl sites for hydroxylation is 1. The fraction of sp³-hybridized carbons (Fsp3) is 0.263. The highest BCUT2D eigenvalue weighted by Gasteiger charge is 2.15. The first-order chi connectivity index (χ1) is 12.1. The van der Waals surface area contributed by atoms with Gasteiger partial charge < -0.3 is 19.8 Å². The van der Waals surface area contributed by atoms with Gasteiger partial charge in [0.15, 0.2) is 5.69 Å². The fourth-order valence-corrected chi connectivity index (χ4v) is 2.73. The average Bonchev–Trinajstić information content (AvgIpc) is 3.00. The SMILES string of the molecule is COCC(C)Nc1ccccc1NC(=O)c1ncn2ccc(C)cc12. The number of pyridine rings is 1. The molecular formula is C19H22N4O2. The zero-order valence-electron chi connectivity index (χ0n) is 14.6. The minimum Gasteiger partial charge on any atom is -0.383 e. The van der Waals surface area contributed by atoms with Crippen LogP contribution >= 0.6 is 0 Å². The first-order valence-electron chi connectivity index (χ1n) is 8.17. The molecule has 1 aromatic carbocycles. The summed E-state index contributed by atoms with van der Waals surface area (Å²) in [5.41, 5.74) is 3.83. The van der Waals surface area contributed by atoms with Crippen molar-refractivity contribution >= 4 is 22.8 Å². The number of carbonyl (C=O) groups excluding carboxylic acids is 1. The van der Waals surface area contributed by atoms with Gasteiger partial charge in [-0.3, -0.25) is 4.79 Å². The van der Waals surface area contributed by atoms with E-state index in [0.717, 1.165) is 16.8 Å². The van der Waals surface area contributed by atoms with Crippen LogP contribution in [0.5, 0.6) is 0 Å². The summed E-state index contributed by atoms with van der Waals surface area (Å²) in [7, 11) is 1.66. The summed E-state index contributed by atoms with van der Waals surface area (Å²) in [5.74, 6) is -0.234. The second-order valence-corrected chi connectivity index (χ2v) is 6.09. The number of aromatic nitrogens is 2. The number of rotatable bonds is 6. The Morgan fingerprint density at radius 3 is 2.80 bits per heavy atom. The van der Waals surface area contributed by atoms with Crippen molar-refractivity contribution in [3.05, 3.63) is 60.2 Å². The average molecular weight is 338 g/mol. The first-order valence-corrected chi connectivity index (χ1v) is 8.17. The van der Waals surface area contributed by atoms with Gasteiger partial charge in [-0.2, -0.15) is 0 Å². The number of methoxy groups -OCH3 is 1. The highest BCUT2D eigenvalue weighted by Crippen LogP contribution is 2.23. The van der Waals surface area contributed by atoms with Gasteiger partial charge in [0.05, 0.1) is 23.5 Å². The zero-order valence-corrected chi connectivity index (χ0v) is 14.6. The molecule has 0 aliphatic heterocycles. The van der Waals surface area contributed by atoms with E-state index in [4.69, 9.17) is 4.74 Å². The molecule has 1 amide bonds. The summed E-state index contributed by atoms with van der Waals surface area (Å²) in [5, 5.41) is 6.30. The number of nitrogens with one attached hydrogen (secondary N) is 2. The maximum absolute atomic E-state index is 12.7. The van der Waals surface area contributed by atoms with Crippen molar-refractivity contribution in [1.82, 2.24) is 9.38 Å². The maximum atomic E-state index is 12.7. The Hall–Kier alpha value is -2.86. The van der Waals surface area contributed by atoms with Gasteiger partial charge in [0.2, 0.25) is 0 Å². The van der Waals surface area contributed by atoms with Gasteiger partial charge in [-0.1, -0.05) is 12.1 Å². The van der Waals surface area contributed by atoms with Crippen molar-refractivity contribution in [3.63, 3.8) is 0 Å². The minimum absolute atomic E-state index is 0.124. The Kier molecular flexibility index (Phi) is 5.00. The number of hydrogen-bond donors (Lipinski definition) is 2. The number of nitrogens with zero attached hydrogens (tertiary/aromatic N) is 2. The molecule has 0 aliphatic carbocycles. The van der Waals surface area contributed by atoms with Gasteiger partial charge in [0.25, 0.3) is 5.91 Å². The number of anilines is 2. The Morgan fingerprint density at radius 1 is 1.28 bits per heavy atom. The highest BCUT2D eigenvalue weighted by atomic mass is 16.5. The normalized spacial score (nSPS) is 12.1. The van der Waals surface area contributed by atoms with Gasteiger partial charge >= 0.3 is 0 Å². The molecule has 2 aromatic heterocycles. The van der Waals surface area contributed by atoms with Gasteiger partial charge in [-0.15, -0.1) is 0 Å². The second-order valence-electron chi connectivity index (χ2n) is 6.09. The van der Waals surface area contributed by atoms with Crippen LogP contribution in [-0.2, 0) is 4.74 Å². The van der Waals surface area contributed by atoms with Crippen molar-refractivity contribution in [2.75, 3.05) is 24.4 Å². The topological polar surface area (TPSA) is 67.7 Å². The van der Waals surface area contributed by atoms with Crippen LogP contribution in [0.2, 0.25) is 0 Å². The maximum Gasteiger partial charge on any atom is 0.276 e. The Balaban J connectivity index is 1.84. The van der Waals surface area contributed by atoms with Gasteiger partial charge in [0.1, 0.15) is 6.33 Å². The van der Waals surface area contributed by atoms with Crippen molar-refractivity contribution in [2.24, 2.45) is 0 Å². The lowest BCUT2D eigenvalue weighted by atomic mass is 10.2. The van der Waals surface area contributed by atoms with Crippen LogP contribution in [0.1, 0.15) is 23.0 Å². The third-order valence-corrected chi connectivity index (χ3v) is 3.90. The molecule has 0 fully saturated rings. The molecule has 0 saturated heterocycles. The summed E-state index contributed by atoms with van der Waals surface area (Å²) in [6.45, 7) is 4.59. The first kappa shape index (κ1) is 17.0. The molecular weight excluding hydrogens is 316 g/mol. The standard InChI is InChI=1S/C19H22N4O2/c1-13-8-9-23-12-20-18(17(23)10-13)19(24)22-16-7-5-4-6-15(16)21-14(2)11-25-3/h4-10,12,14,21H,11H2,1-3H3,(H,22,24). The summed E-state index contributed by atoms with van der Waals surface area (Å²) < 4.78 is 6.99. The molecule has 1 unspecified atom stereocenters. The predicted octanol–water partition coefficient (Wildman–Crippen LogP) is 3.34. The van der Waals surface area contributed by atoms with E-state index < -0.39 is 0 Å². The molecule has 130 valence electrons. The number of amides is 1. The van der Waals surface area contributed by atoms with Crippen LogP contribution in [0, 0.1) is 6.92 Å². The van der Waals surface area contributed by atoms with E-state index in [9.17, 15) is 4.79 Å². The molecule has 0 bridgehead atoms. The number of ether oxygens (including phenoxy) is 1. The number of carbonyl (C=O) groups is 1. The summed E-state index contributed by atoms with van der Waals surface area (Å²) in [4.78, 5) is 17.0. The summed E-state index contributed by atoms with van der Waals surface area (Å²) in [6.07, 6.45) is 3.55. The molecule has 0 saturated carbocycles. The molecule has 3 aromatic rings. The van der Waals surface area contributed by atoms with Crippen molar-refractivity contribution < 1.29 is 9.53 Å². The molecule has 0 radical (unpaired) electrons. The quantitative estimate of drug-likeness (QED) is 0.723. The smallest absolute Gasteiger partial charge is 0.276 e. The van der Waals surface area contributed by atoms with Crippen LogP contribution in [-0.4, -0.2) is 35.1 Å². The molecule has 25 heavy (non-hydrogen) atoms. The van der Waals surface area contributed by atoms with Gasteiger partial charge in [0, 0.05) is 19.3 Å². The molecule has 6 heteroatoms. The summed E-state index contributed by atoms with van der Waals surface area (Å²) in [6, 6.07) is 11.7. The van der Waals surface area contributed by atoms with E-state index in [2.05, 4.69) is 15.6 Å². The van der Waals surface area contributed by atoms with Crippen LogP contribution in [0.3, 0.4) is 0 Å². The molecule has 1 atom stereocenters. The Labute approximate surface area is 146 Å². The molecule has 0 aliphatic rings. The molecule has 0 spiro atoms. The zero-order chi connectivity index (χ0) is 17.8. The lowest BCUT2D eigenvalue weighted by Crippen LogP contribution is -2.22. The van der Waals surface area contributed by atoms with Gasteiger partial charge in [-0.25, -0.2) is 4.98 Å². The van der Waals surface area contributed by atoms with Crippen LogP contribution in [0.25, 0.3) is 5.52 Å². The number of para-hydroxylation sites is 2. The molecule has 6 nitrogen and oxygen atoms in total. The predicted molar refractivity (Wildman–Crippen MR) is 99.3 cm³/mol. The Morgan fingerprint density at radius 2 is 2.04 bits per heavy atom. The number of hydrogen-bond acceptors (Lipinski definition) is 4. The Bertz CT molecular complexity index is 888. The van der Waals surface area contributed by atoms with E-state index in [1.165, 1.54) is 0 Å². The van der Waals surface area contributed by atoms with E-state index in [1.807, 2.05) is 60.8 Å². The number of benzene rings is 1. The van der Waals surface area contributed by atoms with Crippen molar-refractivity contribution in [1.29, 1.82) is 0 Å². The van der Waals surface area contributed by atoms with Crippen LogP contribution in [0.4, 0.5) is 11.4 Å². The highest BCUT2D eigenvalue weighted by molar-refractivity contribution is 6.08. The number of imidazole rings is 1. The lowest BCUT2D eigenvalue weighted by molar-refractivity contribution is 0.102. The lowest BCUT2D eigenvalue weighted by Gasteiger charge is -2.17. The second kappa shape index (κ2) is 7.36. The third kappa shape index (κ3) is 3.80. The molecule has 3 rings (SSSR count).